The molecule has 2 rings (SSSR count). The maximum absolute atomic E-state index is 12.6. The molecule has 0 aliphatic rings. The van der Waals surface area contributed by atoms with Crippen molar-refractivity contribution in [3.8, 4) is 10.6 Å². The minimum atomic E-state index is -4.49. The van der Waals surface area contributed by atoms with Crippen molar-refractivity contribution in [2.24, 2.45) is 0 Å². The van der Waals surface area contributed by atoms with Gasteiger partial charge in [-0.3, -0.25) is 0 Å². The van der Waals surface area contributed by atoms with Crippen molar-refractivity contribution in [3.05, 3.63) is 27.4 Å². The summed E-state index contributed by atoms with van der Waals surface area (Å²) in [6.45, 7) is 0. The summed E-state index contributed by atoms with van der Waals surface area (Å²) >= 11 is 1.65. The molecular weight excluding hydrogens is 281 g/mol. The summed E-state index contributed by atoms with van der Waals surface area (Å²) in [7, 11) is 0. The molecule has 0 amide bonds. The molecule has 2 aromatic rings. The zero-order valence-electron chi connectivity index (χ0n) is 7.96. The summed E-state index contributed by atoms with van der Waals surface area (Å²) in [5.74, 6) is 0. The van der Waals surface area contributed by atoms with Crippen LogP contribution in [0.25, 0.3) is 10.6 Å². The van der Waals surface area contributed by atoms with Crippen LogP contribution in [0, 0.1) is 0 Å². The lowest BCUT2D eigenvalue weighted by Crippen LogP contribution is -2.04. The molecule has 0 saturated heterocycles. The van der Waals surface area contributed by atoms with Gasteiger partial charge in [0.25, 0.3) is 6.43 Å². The van der Waals surface area contributed by atoms with Crippen LogP contribution in [-0.4, -0.2) is 4.98 Å². The second kappa shape index (κ2) is 4.34. The Kier molecular flexibility index (Phi) is 3.17. The summed E-state index contributed by atoms with van der Waals surface area (Å²) in [5, 5.41) is 3.24. The first kappa shape index (κ1) is 12.4. The molecule has 2 heterocycles. The third-order valence-electron chi connectivity index (χ3n) is 1.94. The van der Waals surface area contributed by atoms with Crippen molar-refractivity contribution in [3.63, 3.8) is 0 Å². The van der Waals surface area contributed by atoms with Crippen LogP contribution in [0.4, 0.5) is 22.0 Å². The highest BCUT2D eigenvalue weighted by molar-refractivity contribution is 7.14. The number of hydrogen-bond acceptors (Lipinski definition) is 3. The van der Waals surface area contributed by atoms with Crippen LogP contribution in [0.15, 0.2) is 16.1 Å². The summed E-state index contributed by atoms with van der Waals surface area (Å²) in [6.07, 6.45) is -7.26. The Morgan fingerprint density at radius 2 is 1.82 bits per heavy atom. The van der Waals surface area contributed by atoms with Gasteiger partial charge in [-0.15, -0.1) is 11.3 Å². The first-order valence-electron chi connectivity index (χ1n) is 4.27. The van der Waals surface area contributed by atoms with Crippen molar-refractivity contribution in [2.75, 3.05) is 0 Å². The fraction of sp³-hybridized carbons (Fsp3) is 0.222. The molecular formula is C9H4F5NS2. The van der Waals surface area contributed by atoms with Crippen LogP contribution in [-0.2, 0) is 6.18 Å². The average molecular weight is 285 g/mol. The van der Waals surface area contributed by atoms with E-state index >= 15 is 0 Å². The van der Waals surface area contributed by atoms with Gasteiger partial charge < -0.3 is 0 Å². The molecule has 0 atom stereocenters. The molecule has 0 fully saturated rings. The van der Waals surface area contributed by atoms with E-state index in [9.17, 15) is 22.0 Å². The predicted molar refractivity (Wildman–Crippen MR) is 55.4 cm³/mol. The molecule has 8 heteroatoms. The highest BCUT2D eigenvalue weighted by Crippen LogP contribution is 2.40. The summed E-state index contributed by atoms with van der Waals surface area (Å²) in [4.78, 5) is 3.50. The number of thiazole rings is 1. The Morgan fingerprint density at radius 3 is 2.35 bits per heavy atom. The van der Waals surface area contributed by atoms with E-state index in [-0.39, 0.29) is 10.6 Å². The van der Waals surface area contributed by atoms with Gasteiger partial charge in [0.2, 0.25) is 0 Å². The molecule has 17 heavy (non-hydrogen) atoms. The lowest BCUT2D eigenvalue weighted by atomic mass is 10.2. The second-order valence-corrected chi connectivity index (χ2v) is 4.68. The molecule has 0 spiro atoms. The average Bonchev–Trinajstić information content (AvgIpc) is 2.85. The topological polar surface area (TPSA) is 12.9 Å². The monoisotopic (exact) mass is 285 g/mol. The number of alkyl halides is 5. The van der Waals surface area contributed by atoms with Crippen LogP contribution in [0.5, 0.6) is 0 Å². The number of nitrogens with zero attached hydrogens (tertiary/aromatic N) is 1. The van der Waals surface area contributed by atoms with E-state index in [1.165, 1.54) is 5.38 Å². The van der Waals surface area contributed by atoms with Crippen LogP contribution in [0.1, 0.15) is 17.7 Å². The Bertz CT molecular complexity index is 513. The molecule has 92 valence electrons. The lowest BCUT2D eigenvalue weighted by Gasteiger charge is -2.05. The Labute approximate surface area is 101 Å². The molecule has 0 unspecified atom stereocenters. The highest BCUT2D eigenvalue weighted by atomic mass is 32.1. The van der Waals surface area contributed by atoms with Gasteiger partial charge in [-0.2, -0.15) is 24.5 Å². The van der Waals surface area contributed by atoms with Gasteiger partial charge >= 0.3 is 6.18 Å². The standard InChI is InChI=1S/C9H4F5NS2/c10-7(11)6-3-17-8(15-6)4-1-16-2-5(4)9(12,13)14/h1-3,7H. The van der Waals surface area contributed by atoms with Gasteiger partial charge in [-0.05, 0) is 0 Å². The molecule has 0 bridgehead atoms. The Hall–Kier alpha value is -1.02. The van der Waals surface area contributed by atoms with E-state index < -0.39 is 23.9 Å². The zero-order valence-corrected chi connectivity index (χ0v) is 9.60. The van der Waals surface area contributed by atoms with Gasteiger partial charge in [0.05, 0.1) is 5.56 Å². The van der Waals surface area contributed by atoms with Gasteiger partial charge in [-0.1, -0.05) is 0 Å². The number of aromatic nitrogens is 1. The fourth-order valence-corrected chi connectivity index (χ4v) is 2.95. The summed E-state index contributed by atoms with van der Waals surface area (Å²) < 4.78 is 62.3. The summed E-state index contributed by atoms with van der Waals surface area (Å²) in [6, 6.07) is 0. The minimum Gasteiger partial charge on any atom is -0.235 e. The Morgan fingerprint density at radius 1 is 1.12 bits per heavy atom. The number of halogens is 5. The van der Waals surface area contributed by atoms with Crippen molar-refractivity contribution < 1.29 is 22.0 Å². The van der Waals surface area contributed by atoms with Gasteiger partial charge in [0.1, 0.15) is 10.7 Å². The first-order chi connectivity index (χ1) is 7.89. The van der Waals surface area contributed by atoms with E-state index in [1.807, 2.05) is 0 Å². The molecule has 0 radical (unpaired) electrons. The second-order valence-electron chi connectivity index (χ2n) is 3.08. The van der Waals surface area contributed by atoms with Crippen LogP contribution in [0.3, 0.4) is 0 Å². The molecule has 0 aliphatic carbocycles. The molecule has 1 nitrogen and oxygen atoms in total. The third-order valence-corrected chi connectivity index (χ3v) is 3.58. The van der Waals surface area contributed by atoms with E-state index in [2.05, 4.69) is 4.98 Å². The van der Waals surface area contributed by atoms with Crippen molar-refractivity contribution in [1.82, 2.24) is 4.98 Å². The maximum atomic E-state index is 12.6. The van der Waals surface area contributed by atoms with Crippen LogP contribution in [0.2, 0.25) is 0 Å². The van der Waals surface area contributed by atoms with Crippen molar-refractivity contribution in [1.29, 1.82) is 0 Å². The van der Waals surface area contributed by atoms with Gasteiger partial charge in [0, 0.05) is 21.7 Å². The molecule has 0 aromatic carbocycles. The number of hydrogen-bond donors (Lipinski definition) is 0. The van der Waals surface area contributed by atoms with Crippen molar-refractivity contribution >= 4 is 22.7 Å². The molecule has 0 saturated carbocycles. The van der Waals surface area contributed by atoms with Crippen LogP contribution >= 0.6 is 22.7 Å². The van der Waals surface area contributed by atoms with Gasteiger partial charge in [0.15, 0.2) is 0 Å². The zero-order chi connectivity index (χ0) is 12.6. The summed E-state index contributed by atoms with van der Waals surface area (Å²) in [5.41, 5.74) is -1.47. The van der Waals surface area contributed by atoms with E-state index in [1.54, 1.807) is 0 Å². The molecule has 0 aliphatic heterocycles. The van der Waals surface area contributed by atoms with Gasteiger partial charge in [-0.25, -0.2) is 13.8 Å². The largest absolute Gasteiger partial charge is 0.417 e. The third kappa shape index (κ3) is 2.47. The highest BCUT2D eigenvalue weighted by Gasteiger charge is 2.35. The predicted octanol–water partition coefficient (Wildman–Crippen LogP) is 4.83. The van der Waals surface area contributed by atoms with Crippen molar-refractivity contribution in [2.45, 2.75) is 12.6 Å². The molecule has 2 aromatic heterocycles. The Balaban J connectivity index is 2.43. The van der Waals surface area contributed by atoms with E-state index in [0.29, 0.717) is 0 Å². The van der Waals surface area contributed by atoms with E-state index in [0.717, 1.165) is 33.4 Å². The van der Waals surface area contributed by atoms with Crippen LogP contribution < -0.4 is 0 Å². The van der Waals surface area contributed by atoms with E-state index in [4.69, 9.17) is 0 Å². The normalized spacial score (nSPS) is 12.4. The fourth-order valence-electron chi connectivity index (χ4n) is 1.19. The minimum absolute atomic E-state index is 0.0334. The molecule has 0 N–H and O–H groups in total. The quantitative estimate of drug-likeness (QED) is 0.720. The first-order valence-corrected chi connectivity index (χ1v) is 6.09. The maximum Gasteiger partial charge on any atom is 0.417 e. The number of rotatable bonds is 2. The lowest BCUT2D eigenvalue weighted by molar-refractivity contribution is -0.136. The smallest absolute Gasteiger partial charge is 0.235 e. The number of thiophene rings is 1. The SMILES string of the molecule is FC(F)c1csc(-c2cscc2C(F)(F)F)n1.